The van der Waals surface area contributed by atoms with E-state index in [2.05, 4.69) is 6.07 Å². The summed E-state index contributed by atoms with van der Waals surface area (Å²) < 4.78 is 1.98. The molecule has 0 aliphatic carbocycles. The molecule has 1 amide bonds. The lowest BCUT2D eigenvalue weighted by atomic mass is 9.99. The average molecular weight is 303 g/mol. The van der Waals surface area contributed by atoms with Gasteiger partial charge in [0.15, 0.2) is 0 Å². The average Bonchev–Trinajstić information content (AvgIpc) is 3.07. The molecule has 0 saturated carbocycles. The number of benzene rings is 1. The maximum atomic E-state index is 12.6. The number of halogens is 1. The van der Waals surface area contributed by atoms with Crippen molar-refractivity contribution in [3.8, 4) is 0 Å². The maximum Gasteiger partial charge on any atom is 0.255 e. The van der Waals surface area contributed by atoms with Crippen LogP contribution < -0.4 is 0 Å². The molecule has 1 aromatic heterocycles. The monoisotopic (exact) mass is 302 g/mol. The highest BCUT2D eigenvalue weighted by Gasteiger charge is 2.29. The van der Waals surface area contributed by atoms with Crippen LogP contribution in [0.25, 0.3) is 0 Å². The number of aryl methyl sites for hydroxylation is 1. The van der Waals surface area contributed by atoms with Gasteiger partial charge in [0.25, 0.3) is 5.91 Å². The molecule has 1 saturated heterocycles. The molecule has 110 valence electrons. The third-order valence-electron chi connectivity index (χ3n) is 4.41. The minimum absolute atomic E-state index is 0.137. The second-order valence-electron chi connectivity index (χ2n) is 5.72. The van der Waals surface area contributed by atoms with Gasteiger partial charge in [-0.05, 0) is 37.1 Å². The van der Waals surface area contributed by atoms with Crippen molar-refractivity contribution in [3.05, 3.63) is 58.4 Å². The van der Waals surface area contributed by atoms with Crippen molar-refractivity contribution in [2.45, 2.75) is 19.3 Å². The van der Waals surface area contributed by atoms with Crippen molar-refractivity contribution in [2.24, 2.45) is 7.05 Å². The Labute approximate surface area is 130 Å². The standard InChI is InChI=1S/C17H19ClN2O/c1-12-16(7-8-19(12)2)17(21)20-9-6-14(11-20)13-4-3-5-15(18)10-13/h3-5,7-8,10,14H,6,9,11H2,1-2H3. The van der Waals surface area contributed by atoms with Gasteiger partial charge in [-0.2, -0.15) is 0 Å². The molecule has 0 N–H and O–H groups in total. The highest BCUT2D eigenvalue weighted by molar-refractivity contribution is 6.30. The Morgan fingerprint density at radius 1 is 1.33 bits per heavy atom. The zero-order valence-corrected chi connectivity index (χ0v) is 13.1. The van der Waals surface area contributed by atoms with Gasteiger partial charge in [0.2, 0.25) is 0 Å². The van der Waals surface area contributed by atoms with Crippen molar-refractivity contribution in [1.29, 1.82) is 0 Å². The van der Waals surface area contributed by atoms with Crippen LogP contribution in [0.4, 0.5) is 0 Å². The number of hydrogen-bond acceptors (Lipinski definition) is 1. The van der Waals surface area contributed by atoms with Crippen LogP contribution in [0.1, 0.15) is 34.0 Å². The summed E-state index contributed by atoms with van der Waals surface area (Å²) in [7, 11) is 1.96. The Balaban J connectivity index is 1.75. The second-order valence-corrected chi connectivity index (χ2v) is 6.15. The van der Waals surface area contributed by atoms with E-state index in [0.717, 1.165) is 35.8 Å². The molecule has 3 nitrogen and oxygen atoms in total. The summed E-state index contributed by atoms with van der Waals surface area (Å²) in [6.45, 7) is 3.57. The molecule has 3 rings (SSSR count). The van der Waals surface area contributed by atoms with E-state index in [1.165, 1.54) is 5.56 Å². The Morgan fingerprint density at radius 3 is 2.81 bits per heavy atom. The third kappa shape index (κ3) is 2.70. The molecule has 21 heavy (non-hydrogen) atoms. The molecular weight excluding hydrogens is 284 g/mol. The van der Waals surface area contributed by atoms with Crippen LogP contribution in [-0.2, 0) is 7.05 Å². The molecule has 1 atom stereocenters. The van der Waals surface area contributed by atoms with E-state index < -0.39 is 0 Å². The summed E-state index contributed by atoms with van der Waals surface area (Å²) in [5.74, 6) is 0.522. The first-order chi connectivity index (χ1) is 10.1. The lowest BCUT2D eigenvalue weighted by molar-refractivity contribution is 0.0790. The van der Waals surface area contributed by atoms with Crippen LogP contribution in [0.3, 0.4) is 0 Å². The van der Waals surface area contributed by atoms with Crippen molar-refractivity contribution < 1.29 is 4.79 Å². The van der Waals surface area contributed by atoms with Gasteiger partial charge in [0.05, 0.1) is 5.56 Å². The minimum Gasteiger partial charge on any atom is -0.354 e. The summed E-state index contributed by atoms with van der Waals surface area (Å²) in [4.78, 5) is 14.6. The van der Waals surface area contributed by atoms with Crippen molar-refractivity contribution in [3.63, 3.8) is 0 Å². The highest BCUT2D eigenvalue weighted by atomic mass is 35.5. The van der Waals surface area contributed by atoms with Gasteiger partial charge in [0.1, 0.15) is 0 Å². The summed E-state index contributed by atoms with van der Waals surface area (Å²) in [5, 5.41) is 0.760. The Bertz CT molecular complexity index is 677. The topological polar surface area (TPSA) is 25.2 Å². The predicted molar refractivity (Wildman–Crippen MR) is 84.9 cm³/mol. The number of carbonyl (C=O) groups is 1. The van der Waals surface area contributed by atoms with Gasteiger partial charge in [-0.1, -0.05) is 23.7 Å². The predicted octanol–water partition coefficient (Wildman–Crippen LogP) is 3.62. The van der Waals surface area contributed by atoms with Crippen LogP contribution in [0.2, 0.25) is 5.02 Å². The molecule has 0 spiro atoms. The summed E-state index contributed by atoms with van der Waals surface area (Å²) in [5.41, 5.74) is 3.05. The van der Waals surface area contributed by atoms with Gasteiger partial charge >= 0.3 is 0 Å². The van der Waals surface area contributed by atoms with E-state index in [4.69, 9.17) is 11.6 Å². The fraction of sp³-hybridized carbons (Fsp3) is 0.353. The summed E-state index contributed by atoms with van der Waals surface area (Å²) in [6.07, 6.45) is 2.94. The maximum absolute atomic E-state index is 12.6. The smallest absolute Gasteiger partial charge is 0.255 e. The SMILES string of the molecule is Cc1c(C(=O)N2CCC(c3cccc(Cl)c3)C2)ccn1C. The van der Waals surface area contributed by atoms with Gasteiger partial charge < -0.3 is 9.47 Å². The molecule has 4 heteroatoms. The Kier molecular flexibility index (Phi) is 3.77. The van der Waals surface area contributed by atoms with E-state index >= 15 is 0 Å². The fourth-order valence-corrected chi connectivity index (χ4v) is 3.18. The van der Waals surface area contributed by atoms with Crippen LogP contribution in [0.15, 0.2) is 36.5 Å². The van der Waals surface area contributed by atoms with Crippen molar-refractivity contribution in [2.75, 3.05) is 13.1 Å². The first-order valence-electron chi connectivity index (χ1n) is 7.23. The van der Waals surface area contributed by atoms with Crippen molar-refractivity contribution in [1.82, 2.24) is 9.47 Å². The molecule has 0 bridgehead atoms. The molecule has 2 aromatic rings. The number of hydrogen-bond donors (Lipinski definition) is 0. The van der Waals surface area contributed by atoms with Crippen LogP contribution in [0, 0.1) is 6.92 Å². The number of amides is 1. The van der Waals surface area contributed by atoms with Gasteiger partial charge in [0, 0.05) is 43.0 Å². The molecule has 2 heterocycles. The Hall–Kier alpha value is -1.74. The molecule has 1 unspecified atom stereocenters. The second kappa shape index (κ2) is 5.57. The minimum atomic E-state index is 0.137. The highest BCUT2D eigenvalue weighted by Crippen LogP contribution is 2.30. The Morgan fingerprint density at radius 2 is 2.14 bits per heavy atom. The quantitative estimate of drug-likeness (QED) is 0.832. The first kappa shape index (κ1) is 14.2. The number of rotatable bonds is 2. The number of likely N-dealkylation sites (tertiary alicyclic amines) is 1. The third-order valence-corrected chi connectivity index (χ3v) is 4.64. The van der Waals surface area contributed by atoms with Gasteiger partial charge in [-0.15, -0.1) is 0 Å². The summed E-state index contributed by atoms with van der Waals surface area (Å²) in [6, 6.07) is 9.87. The fourth-order valence-electron chi connectivity index (χ4n) is 2.98. The van der Waals surface area contributed by atoms with Crippen molar-refractivity contribution >= 4 is 17.5 Å². The molecule has 0 radical (unpaired) electrons. The van der Waals surface area contributed by atoms with E-state index in [0.29, 0.717) is 5.92 Å². The van der Waals surface area contributed by atoms with Crippen LogP contribution in [0.5, 0.6) is 0 Å². The van der Waals surface area contributed by atoms with E-state index in [1.807, 2.05) is 53.9 Å². The van der Waals surface area contributed by atoms with Crippen LogP contribution >= 0.6 is 11.6 Å². The number of aromatic nitrogens is 1. The van der Waals surface area contributed by atoms with Crippen LogP contribution in [-0.4, -0.2) is 28.5 Å². The normalized spacial score (nSPS) is 18.2. The molecule has 1 aliphatic heterocycles. The first-order valence-corrected chi connectivity index (χ1v) is 7.60. The lowest BCUT2D eigenvalue weighted by Gasteiger charge is -2.17. The number of nitrogens with zero attached hydrogens (tertiary/aromatic N) is 2. The van der Waals surface area contributed by atoms with E-state index in [1.54, 1.807) is 0 Å². The van der Waals surface area contributed by atoms with Gasteiger partial charge in [-0.25, -0.2) is 0 Å². The van der Waals surface area contributed by atoms with Gasteiger partial charge in [-0.3, -0.25) is 4.79 Å². The molecule has 1 aliphatic rings. The van der Waals surface area contributed by atoms with E-state index in [-0.39, 0.29) is 5.91 Å². The summed E-state index contributed by atoms with van der Waals surface area (Å²) >= 11 is 6.06. The molecular formula is C17H19ClN2O. The largest absolute Gasteiger partial charge is 0.354 e. The zero-order valence-electron chi connectivity index (χ0n) is 12.3. The zero-order chi connectivity index (χ0) is 15.0. The number of carbonyl (C=O) groups excluding carboxylic acids is 1. The molecule has 1 fully saturated rings. The van der Waals surface area contributed by atoms with E-state index in [9.17, 15) is 4.79 Å². The molecule has 1 aromatic carbocycles. The lowest BCUT2D eigenvalue weighted by Crippen LogP contribution is -2.28.